The molecule has 0 unspecified atom stereocenters. The van der Waals surface area contributed by atoms with Gasteiger partial charge in [0.2, 0.25) is 0 Å². The Bertz CT molecular complexity index is 382. The van der Waals surface area contributed by atoms with Crippen molar-refractivity contribution in [2.75, 3.05) is 33.2 Å². The zero-order valence-electron chi connectivity index (χ0n) is 10.3. The second kappa shape index (κ2) is 5.24. The molecule has 0 spiro atoms. The molecule has 1 aromatic rings. The van der Waals surface area contributed by atoms with Gasteiger partial charge >= 0.3 is 0 Å². The first-order valence-corrected chi connectivity index (χ1v) is 5.73. The van der Waals surface area contributed by atoms with Gasteiger partial charge in [0.25, 0.3) is 5.91 Å². The molecule has 2 heterocycles. The quantitative estimate of drug-likeness (QED) is 0.721. The molecule has 1 fully saturated rings. The third-order valence-electron chi connectivity index (χ3n) is 2.89. The first-order chi connectivity index (χ1) is 8.15. The first-order valence-electron chi connectivity index (χ1n) is 5.73. The second-order valence-corrected chi connectivity index (χ2v) is 4.36. The Morgan fingerprint density at radius 3 is 2.71 bits per heavy atom. The molecule has 1 saturated heterocycles. The van der Waals surface area contributed by atoms with Crippen LogP contribution in [0.15, 0.2) is 6.20 Å². The highest BCUT2D eigenvalue weighted by molar-refractivity contribution is 5.75. The van der Waals surface area contributed by atoms with Gasteiger partial charge in [-0.25, -0.2) is 9.69 Å². The topological polar surface area (TPSA) is 66.3 Å². The van der Waals surface area contributed by atoms with Crippen LogP contribution in [0.4, 0.5) is 0 Å². The number of aromatic nitrogens is 3. The minimum Gasteiger partial charge on any atom is -0.304 e. The molecule has 94 valence electrons. The van der Waals surface area contributed by atoms with Crippen LogP contribution in [-0.4, -0.2) is 64.0 Å². The normalized spacial score (nSPS) is 18.2. The second-order valence-electron chi connectivity index (χ2n) is 4.36. The molecule has 1 amide bonds. The van der Waals surface area contributed by atoms with Crippen LogP contribution in [0.1, 0.15) is 5.69 Å². The fourth-order valence-electron chi connectivity index (χ4n) is 1.73. The Hall–Kier alpha value is -1.47. The summed E-state index contributed by atoms with van der Waals surface area (Å²) in [5, 5.41) is 9.54. The van der Waals surface area contributed by atoms with E-state index in [1.54, 1.807) is 10.9 Å². The molecule has 0 aliphatic carbocycles. The van der Waals surface area contributed by atoms with Crippen LogP contribution in [0.3, 0.4) is 0 Å². The standard InChI is InChI=1S/C10H18N6O/c1-9-7-11-13-16(9)8-10(17)12-15-5-3-14(2)4-6-15/h7H,3-6,8H2,1-2H3,(H,12,17). The molecule has 17 heavy (non-hydrogen) atoms. The lowest BCUT2D eigenvalue weighted by molar-refractivity contribution is -0.127. The Morgan fingerprint density at radius 1 is 1.41 bits per heavy atom. The predicted molar refractivity (Wildman–Crippen MR) is 62.0 cm³/mol. The number of aryl methyl sites for hydroxylation is 1. The third kappa shape index (κ3) is 3.24. The monoisotopic (exact) mass is 238 g/mol. The molecular formula is C10H18N6O. The molecule has 0 saturated carbocycles. The van der Waals surface area contributed by atoms with Crippen molar-refractivity contribution in [1.82, 2.24) is 30.3 Å². The van der Waals surface area contributed by atoms with Crippen LogP contribution >= 0.6 is 0 Å². The summed E-state index contributed by atoms with van der Waals surface area (Å²) in [4.78, 5) is 14.0. The molecule has 0 atom stereocenters. The highest BCUT2D eigenvalue weighted by Gasteiger charge is 2.16. The van der Waals surface area contributed by atoms with Gasteiger partial charge in [0.05, 0.1) is 11.9 Å². The molecule has 2 rings (SSSR count). The molecule has 0 bridgehead atoms. The van der Waals surface area contributed by atoms with E-state index in [4.69, 9.17) is 0 Å². The Labute approximate surface area is 100 Å². The average molecular weight is 238 g/mol. The number of hydrogen-bond acceptors (Lipinski definition) is 5. The number of piperazine rings is 1. The minimum atomic E-state index is -0.0526. The molecule has 7 nitrogen and oxygen atoms in total. The van der Waals surface area contributed by atoms with E-state index in [1.165, 1.54) is 0 Å². The maximum Gasteiger partial charge on any atom is 0.256 e. The summed E-state index contributed by atoms with van der Waals surface area (Å²) in [5.41, 5.74) is 3.77. The molecule has 0 aromatic carbocycles. The van der Waals surface area contributed by atoms with Gasteiger partial charge in [-0.3, -0.25) is 10.2 Å². The number of nitrogens with one attached hydrogen (secondary N) is 1. The lowest BCUT2D eigenvalue weighted by Gasteiger charge is -2.32. The number of likely N-dealkylation sites (N-methyl/N-ethyl adjacent to an activating group) is 1. The van der Waals surface area contributed by atoms with Gasteiger partial charge in [-0.05, 0) is 14.0 Å². The molecule has 1 N–H and O–H groups in total. The summed E-state index contributed by atoms with van der Waals surface area (Å²) in [7, 11) is 2.08. The van der Waals surface area contributed by atoms with Gasteiger partial charge in [-0.15, -0.1) is 5.10 Å². The summed E-state index contributed by atoms with van der Waals surface area (Å²) < 4.78 is 1.59. The highest BCUT2D eigenvalue weighted by Crippen LogP contribution is 1.96. The summed E-state index contributed by atoms with van der Waals surface area (Å²) in [6.45, 7) is 5.77. The average Bonchev–Trinajstić information content (AvgIpc) is 2.68. The Morgan fingerprint density at radius 2 is 2.12 bits per heavy atom. The van der Waals surface area contributed by atoms with Crippen molar-refractivity contribution >= 4 is 5.91 Å². The first kappa shape index (κ1) is 12.0. The Balaban J connectivity index is 1.80. The summed E-state index contributed by atoms with van der Waals surface area (Å²) in [5.74, 6) is -0.0526. The van der Waals surface area contributed by atoms with Crippen LogP contribution in [0.5, 0.6) is 0 Å². The van der Waals surface area contributed by atoms with E-state index >= 15 is 0 Å². The van der Waals surface area contributed by atoms with Crippen molar-refractivity contribution in [1.29, 1.82) is 0 Å². The van der Waals surface area contributed by atoms with E-state index in [1.807, 2.05) is 11.9 Å². The number of amides is 1. The number of nitrogens with zero attached hydrogens (tertiary/aromatic N) is 5. The molecular weight excluding hydrogens is 220 g/mol. The van der Waals surface area contributed by atoms with Crippen molar-refractivity contribution < 1.29 is 4.79 Å². The maximum absolute atomic E-state index is 11.8. The van der Waals surface area contributed by atoms with Gasteiger partial charge in [0.1, 0.15) is 6.54 Å². The van der Waals surface area contributed by atoms with E-state index in [2.05, 4.69) is 27.7 Å². The maximum atomic E-state index is 11.8. The summed E-state index contributed by atoms with van der Waals surface area (Å²) >= 11 is 0. The van der Waals surface area contributed by atoms with Crippen LogP contribution in [0.25, 0.3) is 0 Å². The van der Waals surface area contributed by atoms with Crippen molar-refractivity contribution in [3.05, 3.63) is 11.9 Å². The SMILES string of the molecule is Cc1cnnn1CC(=O)NN1CCN(C)CC1. The van der Waals surface area contributed by atoms with E-state index in [-0.39, 0.29) is 12.5 Å². The van der Waals surface area contributed by atoms with Crippen LogP contribution in [0.2, 0.25) is 0 Å². The van der Waals surface area contributed by atoms with Gasteiger partial charge in [-0.2, -0.15) is 0 Å². The number of hydrogen-bond donors (Lipinski definition) is 1. The molecule has 1 aliphatic rings. The molecule has 0 radical (unpaired) electrons. The van der Waals surface area contributed by atoms with Crippen molar-refractivity contribution in [3.8, 4) is 0 Å². The van der Waals surface area contributed by atoms with Gasteiger partial charge in [0, 0.05) is 26.2 Å². The lowest BCUT2D eigenvalue weighted by atomic mass is 10.4. The molecule has 1 aromatic heterocycles. The van der Waals surface area contributed by atoms with Crippen LogP contribution < -0.4 is 5.43 Å². The number of carbonyl (C=O) groups is 1. The van der Waals surface area contributed by atoms with E-state index < -0.39 is 0 Å². The van der Waals surface area contributed by atoms with Gasteiger partial charge in [-0.1, -0.05) is 5.21 Å². The number of hydrazine groups is 1. The van der Waals surface area contributed by atoms with Crippen LogP contribution in [-0.2, 0) is 11.3 Å². The zero-order valence-corrected chi connectivity index (χ0v) is 10.3. The summed E-state index contributed by atoms with van der Waals surface area (Å²) in [6, 6.07) is 0. The fourth-order valence-corrected chi connectivity index (χ4v) is 1.73. The van der Waals surface area contributed by atoms with E-state index in [9.17, 15) is 4.79 Å². The van der Waals surface area contributed by atoms with Crippen molar-refractivity contribution in [2.24, 2.45) is 0 Å². The van der Waals surface area contributed by atoms with E-state index in [0.29, 0.717) is 0 Å². The van der Waals surface area contributed by atoms with Gasteiger partial charge in [0.15, 0.2) is 0 Å². The third-order valence-corrected chi connectivity index (χ3v) is 2.89. The fraction of sp³-hybridized carbons (Fsp3) is 0.700. The zero-order chi connectivity index (χ0) is 12.3. The Kier molecular flexibility index (Phi) is 3.70. The smallest absolute Gasteiger partial charge is 0.256 e. The highest BCUT2D eigenvalue weighted by atomic mass is 16.2. The van der Waals surface area contributed by atoms with E-state index in [0.717, 1.165) is 31.9 Å². The summed E-state index contributed by atoms with van der Waals surface area (Å²) in [6.07, 6.45) is 1.64. The minimum absolute atomic E-state index is 0.0526. The van der Waals surface area contributed by atoms with Gasteiger partial charge < -0.3 is 4.90 Å². The number of rotatable bonds is 3. The number of carbonyl (C=O) groups excluding carboxylic acids is 1. The van der Waals surface area contributed by atoms with Crippen molar-refractivity contribution in [2.45, 2.75) is 13.5 Å². The predicted octanol–water partition coefficient (Wildman–Crippen LogP) is -1.13. The van der Waals surface area contributed by atoms with Crippen molar-refractivity contribution in [3.63, 3.8) is 0 Å². The molecule has 1 aliphatic heterocycles. The lowest BCUT2D eigenvalue weighted by Crippen LogP contribution is -2.53. The largest absolute Gasteiger partial charge is 0.304 e. The van der Waals surface area contributed by atoms with Crippen LogP contribution in [0, 0.1) is 6.92 Å². The molecule has 7 heteroatoms.